The summed E-state index contributed by atoms with van der Waals surface area (Å²) < 4.78 is 1.92. The van der Waals surface area contributed by atoms with Crippen molar-refractivity contribution in [3.63, 3.8) is 0 Å². The van der Waals surface area contributed by atoms with Crippen LogP contribution >= 0.6 is 0 Å². The highest BCUT2D eigenvalue weighted by Gasteiger charge is 2.16. The monoisotopic (exact) mass is 444 g/mol. The molecule has 0 amide bonds. The third-order valence-corrected chi connectivity index (χ3v) is 5.96. The molecule has 164 valence electrons. The first-order chi connectivity index (χ1) is 16.7. The van der Waals surface area contributed by atoms with Crippen LogP contribution in [0.4, 0.5) is 0 Å². The number of hydrogen-bond donors (Lipinski definition) is 2. The number of nitrogens with one attached hydrogen (secondary N) is 1. The van der Waals surface area contributed by atoms with E-state index in [0.29, 0.717) is 18.0 Å². The Bertz CT molecular complexity index is 1680. The van der Waals surface area contributed by atoms with E-state index in [4.69, 9.17) is 10.7 Å². The summed E-state index contributed by atoms with van der Waals surface area (Å²) in [4.78, 5) is 19.2. The lowest BCUT2D eigenvalue weighted by atomic mass is 9.97. The second-order valence-corrected chi connectivity index (χ2v) is 8.06. The Kier molecular flexibility index (Phi) is 4.75. The highest BCUT2D eigenvalue weighted by Crippen LogP contribution is 2.35. The fourth-order valence-electron chi connectivity index (χ4n) is 4.20. The minimum atomic E-state index is -0.160. The number of H-pyrrole nitrogens is 1. The standard InChI is InChI=1S/C27H20N6O/c28-15-17-6-8-19(9-7-17)25-21(18-4-2-1-3-5-18)14-22-23(30-25)12-13-33-26(31-32-27(22)33)20-10-11-24(34)29-16-20/h1-14,16H,15,28H2,(H,29,34). The Balaban J connectivity index is 1.60. The second kappa shape index (κ2) is 8.06. The molecule has 0 bridgehead atoms. The van der Waals surface area contributed by atoms with Gasteiger partial charge in [-0.05, 0) is 29.3 Å². The van der Waals surface area contributed by atoms with Gasteiger partial charge in [-0.1, -0.05) is 54.6 Å². The van der Waals surface area contributed by atoms with Crippen LogP contribution in [0.15, 0.2) is 96.1 Å². The van der Waals surface area contributed by atoms with Crippen molar-refractivity contribution in [1.29, 1.82) is 0 Å². The molecule has 6 rings (SSSR count). The van der Waals surface area contributed by atoms with Gasteiger partial charge in [0.2, 0.25) is 5.56 Å². The van der Waals surface area contributed by atoms with Crippen LogP contribution in [0.3, 0.4) is 0 Å². The number of nitrogens with two attached hydrogens (primary N) is 1. The molecule has 0 aliphatic carbocycles. The Hall–Kier alpha value is -4.62. The quantitative estimate of drug-likeness (QED) is 0.419. The Labute approximate surface area is 194 Å². The molecule has 34 heavy (non-hydrogen) atoms. The zero-order valence-corrected chi connectivity index (χ0v) is 18.1. The van der Waals surface area contributed by atoms with E-state index in [0.717, 1.165) is 44.4 Å². The largest absolute Gasteiger partial charge is 0.328 e. The smallest absolute Gasteiger partial charge is 0.247 e. The van der Waals surface area contributed by atoms with Gasteiger partial charge in [-0.25, -0.2) is 4.98 Å². The summed E-state index contributed by atoms with van der Waals surface area (Å²) in [6, 6.07) is 25.7. The van der Waals surface area contributed by atoms with Gasteiger partial charge in [-0.15, -0.1) is 10.2 Å². The maximum Gasteiger partial charge on any atom is 0.247 e. The molecule has 4 heterocycles. The van der Waals surface area contributed by atoms with Crippen LogP contribution in [-0.4, -0.2) is 24.6 Å². The lowest BCUT2D eigenvalue weighted by Gasteiger charge is -2.12. The van der Waals surface area contributed by atoms with Crippen molar-refractivity contribution in [3.05, 3.63) is 107 Å². The molecule has 0 aliphatic rings. The van der Waals surface area contributed by atoms with E-state index in [9.17, 15) is 4.79 Å². The molecule has 0 saturated heterocycles. The molecule has 7 nitrogen and oxygen atoms in total. The topological polar surface area (TPSA) is 102 Å². The van der Waals surface area contributed by atoms with Crippen LogP contribution in [0.25, 0.3) is 50.3 Å². The van der Waals surface area contributed by atoms with E-state index in [1.807, 2.05) is 47.0 Å². The lowest BCUT2D eigenvalue weighted by molar-refractivity contribution is 1.07. The van der Waals surface area contributed by atoms with Gasteiger partial charge in [0.05, 0.1) is 11.2 Å². The molecule has 2 aromatic carbocycles. The number of aromatic amines is 1. The Morgan fingerprint density at radius 2 is 1.65 bits per heavy atom. The van der Waals surface area contributed by atoms with Crippen LogP contribution in [0.2, 0.25) is 0 Å². The predicted octanol–water partition coefficient (Wildman–Crippen LogP) is 4.43. The van der Waals surface area contributed by atoms with Crippen molar-refractivity contribution < 1.29 is 0 Å². The summed E-state index contributed by atoms with van der Waals surface area (Å²) in [7, 11) is 0. The number of pyridine rings is 3. The van der Waals surface area contributed by atoms with E-state index in [1.54, 1.807) is 12.3 Å². The fraction of sp³-hybridized carbons (Fsp3) is 0.0370. The van der Waals surface area contributed by atoms with Crippen LogP contribution in [0, 0.1) is 0 Å². The molecule has 0 aliphatic heterocycles. The lowest BCUT2D eigenvalue weighted by Crippen LogP contribution is -2.02. The molecule has 0 radical (unpaired) electrons. The van der Waals surface area contributed by atoms with Crippen LogP contribution in [0.1, 0.15) is 5.56 Å². The van der Waals surface area contributed by atoms with Gasteiger partial charge >= 0.3 is 0 Å². The minimum Gasteiger partial charge on any atom is -0.328 e. The van der Waals surface area contributed by atoms with Crippen LogP contribution in [-0.2, 0) is 6.54 Å². The summed E-state index contributed by atoms with van der Waals surface area (Å²) in [5.74, 6) is 0.649. The summed E-state index contributed by atoms with van der Waals surface area (Å²) in [5.41, 5.74) is 13.0. The van der Waals surface area contributed by atoms with Gasteiger partial charge in [0.15, 0.2) is 11.5 Å². The van der Waals surface area contributed by atoms with Gasteiger partial charge in [-0.2, -0.15) is 0 Å². The first-order valence-electron chi connectivity index (χ1n) is 10.9. The highest BCUT2D eigenvalue weighted by molar-refractivity contribution is 5.98. The molecule has 6 aromatic rings. The van der Waals surface area contributed by atoms with E-state index in [1.165, 1.54) is 6.07 Å². The number of aromatic nitrogens is 5. The Morgan fingerprint density at radius 1 is 0.853 bits per heavy atom. The highest BCUT2D eigenvalue weighted by atomic mass is 16.1. The normalized spacial score (nSPS) is 11.3. The summed E-state index contributed by atoms with van der Waals surface area (Å²) in [6.45, 7) is 0.499. The number of nitrogens with zero attached hydrogens (tertiary/aromatic N) is 4. The van der Waals surface area contributed by atoms with Crippen molar-refractivity contribution in [2.45, 2.75) is 6.54 Å². The van der Waals surface area contributed by atoms with Gasteiger partial charge in [-0.3, -0.25) is 9.20 Å². The molecule has 0 spiro atoms. The van der Waals surface area contributed by atoms with Crippen molar-refractivity contribution in [1.82, 2.24) is 24.6 Å². The van der Waals surface area contributed by atoms with Crippen LogP contribution in [0.5, 0.6) is 0 Å². The molecular weight excluding hydrogens is 424 g/mol. The Morgan fingerprint density at radius 3 is 2.38 bits per heavy atom. The van der Waals surface area contributed by atoms with Gasteiger partial charge in [0, 0.05) is 47.1 Å². The summed E-state index contributed by atoms with van der Waals surface area (Å²) in [5, 5.41) is 9.77. The van der Waals surface area contributed by atoms with E-state index in [2.05, 4.69) is 45.5 Å². The molecule has 7 heteroatoms. The van der Waals surface area contributed by atoms with E-state index in [-0.39, 0.29) is 5.56 Å². The third kappa shape index (κ3) is 3.35. The third-order valence-electron chi connectivity index (χ3n) is 5.96. The fourth-order valence-corrected chi connectivity index (χ4v) is 4.20. The summed E-state index contributed by atoms with van der Waals surface area (Å²) >= 11 is 0. The van der Waals surface area contributed by atoms with Crippen molar-refractivity contribution >= 4 is 16.6 Å². The van der Waals surface area contributed by atoms with Gasteiger partial charge in [0.1, 0.15) is 0 Å². The van der Waals surface area contributed by atoms with Gasteiger partial charge < -0.3 is 10.7 Å². The molecule has 0 atom stereocenters. The SMILES string of the molecule is NCc1ccc(-c2nc3ccn4c(-c5ccc(=O)[nH]c5)nnc4c3cc2-c2ccccc2)cc1. The zero-order valence-electron chi connectivity index (χ0n) is 18.1. The van der Waals surface area contributed by atoms with Crippen molar-refractivity contribution in [2.75, 3.05) is 0 Å². The summed E-state index contributed by atoms with van der Waals surface area (Å²) in [6.07, 6.45) is 3.55. The predicted molar refractivity (Wildman–Crippen MR) is 133 cm³/mol. The molecule has 0 unspecified atom stereocenters. The van der Waals surface area contributed by atoms with Crippen molar-refractivity contribution in [3.8, 4) is 33.8 Å². The van der Waals surface area contributed by atoms with Crippen molar-refractivity contribution in [2.24, 2.45) is 5.73 Å². The molecule has 0 fully saturated rings. The van der Waals surface area contributed by atoms with E-state index >= 15 is 0 Å². The number of fused-ring (bicyclic) bond motifs is 3. The maximum atomic E-state index is 11.5. The molecule has 4 aromatic heterocycles. The number of benzene rings is 2. The molecule has 0 saturated carbocycles. The average Bonchev–Trinajstić information content (AvgIpc) is 3.33. The maximum absolute atomic E-state index is 11.5. The zero-order chi connectivity index (χ0) is 23.1. The molecule has 3 N–H and O–H groups in total. The molecular formula is C27H20N6O. The van der Waals surface area contributed by atoms with E-state index < -0.39 is 0 Å². The number of hydrogen-bond acceptors (Lipinski definition) is 5. The van der Waals surface area contributed by atoms with Gasteiger partial charge in [0.25, 0.3) is 0 Å². The first-order valence-corrected chi connectivity index (χ1v) is 10.9. The number of rotatable bonds is 4. The first kappa shape index (κ1) is 20.0. The average molecular weight is 444 g/mol. The minimum absolute atomic E-state index is 0.160. The van der Waals surface area contributed by atoms with Crippen LogP contribution < -0.4 is 11.3 Å². The second-order valence-electron chi connectivity index (χ2n) is 8.06.